The molecule has 2 unspecified atom stereocenters. The topological polar surface area (TPSA) is 64.3 Å². The highest BCUT2D eigenvalue weighted by Crippen LogP contribution is 2.24. The second kappa shape index (κ2) is 10.7. The molecule has 0 bridgehead atoms. The van der Waals surface area contributed by atoms with Crippen LogP contribution in [-0.4, -0.2) is 18.6 Å². The normalized spacial score (nSPS) is 12.6. The molecule has 0 fully saturated rings. The van der Waals surface area contributed by atoms with E-state index in [1.165, 1.54) is 0 Å². The summed E-state index contributed by atoms with van der Waals surface area (Å²) in [5, 5.41) is 3.12. The molecule has 5 heteroatoms. The molecule has 2 aromatic rings. The van der Waals surface area contributed by atoms with Gasteiger partial charge in [0, 0.05) is 12.5 Å². The van der Waals surface area contributed by atoms with Crippen molar-refractivity contribution in [2.24, 2.45) is 5.73 Å². The predicted molar refractivity (Wildman–Crippen MR) is 104 cm³/mol. The number of hydrogen-bond donors (Lipinski definition) is 2. The molecule has 0 spiro atoms. The molecular weight excluding hydrogens is 336 g/mol. The Kier molecular flexibility index (Phi) is 9.03. The lowest BCUT2D eigenvalue weighted by atomic mass is 9.98. The van der Waals surface area contributed by atoms with Gasteiger partial charge in [0.1, 0.15) is 5.75 Å². The van der Waals surface area contributed by atoms with Crippen molar-refractivity contribution in [1.29, 1.82) is 0 Å². The van der Waals surface area contributed by atoms with Crippen LogP contribution in [0.2, 0.25) is 0 Å². The van der Waals surface area contributed by atoms with Crippen LogP contribution in [0.5, 0.6) is 5.75 Å². The zero-order chi connectivity index (χ0) is 17.4. The standard InChI is InChI=1S/C20H26N2O2.ClH/c1-3-24-18-12-10-17(11-13-18)20(16-7-5-4-6-8-16)22-19(23)14-9-15(2)21;/h4-8,10-13,15,20H,3,9,14,21H2,1-2H3,(H,22,23);1H. The van der Waals surface area contributed by atoms with Crippen molar-refractivity contribution in [1.82, 2.24) is 5.32 Å². The summed E-state index contributed by atoms with van der Waals surface area (Å²) in [6.07, 6.45) is 1.11. The Morgan fingerprint density at radius 2 is 1.68 bits per heavy atom. The quantitative estimate of drug-likeness (QED) is 0.749. The van der Waals surface area contributed by atoms with Crippen LogP contribution < -0.4 is 15.8 Å². The number of nitrogens with one attached hydrogen (secondary N) is 1. The summed E-state index contributed by atoms with van der Waals surface area (Å²) < 4.78 is 5.49. The number of rotatable bonds is 8. The fourth-order valence-corrected chi connectivity index (χ4v) is 2.52. The minimum absolute atomic E-state index is 0. The Hall–Kier alpha value is -2.04. The predicted octanol–water partition coefficient (Wildman–Crippen LogP) is 3.84. The number of halogens is 1. The van der Waals surface area contributed by atoms with Crippen molar-refractivity contribution < 1.29 is 9.53 Å². The van der Waals surface area contributed by atoms with Gasteiger partial charge in [-0.1, -0.05) is 42.5 Å². The van der Waals surface area contributed by atoms with E-state index in [9.17, 15) is 4.79 Å². The van der Waals surface area contributed by atoms with Crippen molar-refractivity contribution in [2.45, 2.75) is 38.8 Å². The second-order valence-electron chi connectivity index (χ2n) is 5.93. The maximum absolute atomic E-state index is 12.3. The van der Waals surface area contributed by atoms with Gasteiger partial charge in [-0.3, -0.25) is 4.79 Å². The zero-order valence-corrected chi connectivity index (χ0v) is 15.6. The van der Waals surface area contributed by atoms with E-state index in [2.05, 4.69) is 5.32 Å². The first kappa shape index (κ1) is 21.0. The van der Waals surface area contributed by atoms with E-state index >= 15 is 0 Å². The largest absolute Gasteiger partial charge is 0.494 e. The lowest BCUT2D eigenvalue weighted by molar-refractivity contribution is -0.121. The van der Waals surface area contributed by atoms with E-state index in [1.807, 2.05) is 68.4 Å². The van der Waals surface area contributed by atoms with Crippen molar-refractivity contribution in [2.75, 3.05) is 6.61 Å². The number of carbonyl (C=O) groups is 1. The molecule has 25 heavy (non-hydrogen) atoms. The molecule has 0 aromatic heterocycles. The van der Waals surface area contributed by atoms with E-state index < -0.39 is 0 Å². The Morgan fingerprint density at radius 1 is 1.08 bits per heavy atom. The summed E-state index contributed by atoms with van der Waals surface area (Å²) in [4.78, 5) is 12.3. The molecule has 0 aliphatic carbocycles. The van der Waals surface area contributed by atoms with Crippen LogP contribution in [0.4, 0.5) is 0 Å². The lowest BCUT2D eigenvalue weighted by Crippen LogP contribution is -2.30. The SMILES string of the molecule is CCOc1ccc(C(NC(=O)CCC(C)N)c2ccccc2)cc1.Cl. The number of ether oxygens (including phenoxy) is 1. The summed E-state index contributed by atoms with van der Waals surface area (Å²) in [5.41, 5.74) is 7.82. The molecule has 0 heterocycles. The van der Waals surface area contributed by atoms with E-state index in [0.29, 0.717) is 19.4 Å². The van der Waals surface area contributed by atoms with Gasteiger partial charge in [-0.25, -0.2) is 0 Å². The number of hydrogen-bond acceptors (Lipinski definition) is 3. The molecule has 2 aromatic carbocycles. The van der Waals surface area contributed by atoms with Crippen molar-refractivity contribution in [3.05, 3.63) is 65.7 Å². The van der Waals surface area contributed by atoms with Gasteiger partial charge in [0.25, 0.3) is 0 Å². The lowest BCUT2D eigenvalue weighted by Gasteiger charge is -2.20. The summed E-state index contributed by atoms with van der Waals surface area (Å²) >= 11 is 0. The van der Waals surface area contributed by atoms with Crippen molar-refractivity contribution >= 4 is 18.3 Å². The highest BCUT2D eigenvalue weighted by molar-refractivity contribution is 5.85. The molecule has 136 valence electrons. The Morgan fingerprint density at radius 3 is 2.24 bits per heavy atom. The van der Waals surface area contributed by atoms with E-state index in [1.54, 1.807) is 0 Å². The van der Waals surface area contributed by atoms with Crippen LogP contribution in [0.1, 0.15) is 43.9 Å². The van der Waals surface area contributed by atoms with Crippen molar-refractivity contribution in [3.63, 3.8) is 0 Å². The molecule has 0 aliphatic rings. The summed E-state index contributed by atoms with van der Waals surface area (Å²) in [7, 11) is 0. The first-order chi connectivity index (χ1) is 11.6. The van der Waals surface area contributed by atoms with E-state index in [0.717, 1.165) is 16.9 Å². The monoisotopic (exact) mass is 362 g/mol. The molecule has 0 saturated heterocycles. The summed E-state index contributed by atoms with van der Waals surface area (Å²) in [5.74, 6) is 0.839. The number of benzene rings is 2. The third-order valence-corrected chi connectivity index (χ3v) is 3.79. The Balaban J connectivity index is 0.00000312. The van der Waals surface area contributed by atoms with Gasteiger partial charge >= 0.3 is 0 Å². The third-order valence-electron chi connectivity index (χ3n) is 3.79. The molecule has 2 atom stereocenters. The minimum atomic E-state index is -0.178. The molecular formula is C20H27ClN2O2. The average Bonchev–Trinajstić information content (AvgIpc) is 2.60. The fraction of sp³-hybridized carbons (Fsp3) is 0.350. The summed E-state index contributed by atoms with van der Waals surface area (Å²) in [6, 6.07) is 17.7. The first-order valence-corrected chi connectivity index (χ1v) is 8.42. The number of nitrogens with two attached hydrogens (primary N) is 1. The van der Waals surface area contributed by atoms with Crippen LogP contribution in [-0.2, 0) is 4.79 Å². The Labute approximate surface area is 156 Å². The van der Waals surface area contributed by atoms with Crippen LogP contribution in [0.3, 0.4) is 0 Å². The van der Waals surface area contributed by atoms with Gasteiger partial charge in [-0.05, 0) is 43.5 Å². The average molecular weight is 363 g/mol. The minimum Gasteiger partial charge on any atom is -0.494 e. The highest BCUT2D eigenvalue weighted by Gasteiger charge is 2.17. The second-order valence-corrected chi connectivity index (χ2v) is 5.93. The molecule has 2 rings (SSSR count). The fourth-order valence-electron chi connectivity index (χ4n) is 2.52. The smallest absolute Gasteiger partial charge is 0.220 e. The molecule has 0 aliphatic heterocycles. The number of carbonyl (C=O) groups excluding carboxylic acids is 1. The Bertz CT molecular complexity index is 630. The molecule has 4 nitrogen and oxygen atoms in total. The molecule has 3 N–H and O–H groups in total. The number of amides is 1. The van der Waals surface area contributed by atoms with Crippen LogP contribution in [0.25, 0.3) is 0 Å². The molecule has 0 saturated carbocycles. The van der Waals surface area contributed by atoms with E-state index in [-0.39, 0.29) is 30.4 Å². The highest BCUT2D eigenvalue weighted by atomic mass is 35.5. The zero-order valence-electron chi connectivity index (χ0n) is 14.8. The maximum atomic E-state index is 12.3. The maximum Gasteiger partial charge on any atom is 0.220 e. The van der Waals surface area contributed by atoms with Crippen LogP contribution in [0, 0.1) is 0 Å². The molecule has 0 radical (unpaired) electrons. The van der Waals surface area contributed by atoms with Gasteiger partial charge in [0.05, 0.1) is 12.6 Å². The van der Waals surface area contributed by atoms with Gasteiger partial charge in [-0.2, -0.15) is 0 Å². The van der Waals surface area contributed by atoms with Crippen LogP contribution in [0.15, 0.2) is 54.6 Å². The summed E-state index contributed by atoms with van der Waals surface area (Å²) in [6.45, 7) is 4.50. The third kappa shape index (κ3) is 6.77. The van der Waals surface area contributed by atoms with Gasteiger partial charge in [0.2, 0.25) is 5.91 Å². The van der Waals surface area contributed by atoms with E-state index in [4.69, 9.17) is 10.5 Å². The first-order valence-electron chi connectivity index (χ1n) is 8.42. The molecule has 1 amide bonds. The van der Waals surface area contributed by atoms with Gasteiger partial charge in [0.15, 0.2) is 0 Å². The van der Waals surface area contributed by atoms with Gasteiger partial charge < -0.3 is 15.8 Å². The van der Waals surface area contributed by atoms with Gasteiger partial charge in [-0.15, -0.1) is 12.4 Å². The van der Waals surface area contributed by atoms with Crippen LogP contribution >= 0.6 is 12.4 Å². The van der Waals surface area contributed by atoms with Crippen molar-refractivity contribution in [3.8, 4) is 5.75 Å².